The van der Waals surface area contributed by atoms with Crippen LogP contribution in [0.2, 0.25) is 10.0 Å². The van der Waals surface area contributed by atoms with E-state index in [0.717, 1.165) is 4.47 Å². The number of carbonyl (C=O) groups is 1. The first-order valence-corrected chi connectivity index (χ1v) is 6.91. The highest BCUT2D eigenvalue weighted by molar-refractivity contribution is 9.10. The van der Waals surface area contributed by atoms with E-state index in [1.54, 1.807) is 36.4 Å². The molecule has 2 rings (SSSR count). The molecular weight excluding hydrogens is 351 g/mol. The Labute approximate surface area is 129 Å². The number of benzene rings is 2. The molecule has 0 aromatic heterocycles. The molecule has 0 amide bonds. The molecule has 0 atom stereocenters. The van der Waals surface area contributed by atoms with E-state index >= 15 is 0 Å². The van der Waals surface area contributed by atoms with E-state index in [9.17, 15) is 4.79 Å². The molecule has 0 aliphatic rings. The van der Waals surface area contributed by atoms with Gasteiger partial charge in [0.05, 0.1) is 28.3 Å². The zero-order chi connectivity index (χ0) is 14.0. The van der Waals surface area contributed by atoms with Crippen LogP contribution in [0.1, 0.15) is 15.9 Å². The first-order chi connectivity index (χ1) is 9.04. The molecular formula is C14H9BrCl2O2. The standard InChI is InChI=1S/C14H9BrCl2O2/c1-19-12-6-5-8(15)7-9(12)14(18)13-10(16)3-2-4-11(13)17/h2-7H,1H3. The van der Waals surface area contributed by atoms with Gasteiger partial charge in [-0.2, -0.15) is 0 Å². The number of methoxy groups -OCH3 is 1. The monoisotopic (exact) mass is 358 g/mol. The largest absolute Gasteiger partial charge is 0.496 e. The Morgan fingerprint density at radius 1 is 1.16 bits per heavy atom. The molecule has 98 valence electrons. The Bertz CT molecular complexity index is 621. The number of ether oxygens (including phenoxy) is 1. The van der Waals surface area contributed by atoms with Crippen molar-refractivity contribution in [1.29, 1.82) is 0 Å². The second-order valence-electron chi connectivity index (χ2n) is 3.77. The quantitative estimate of drug-likeness (QED) is 0.721. The van der Waals surface area contributed by atoms with Crippen molar-refractivity contribution in [2.24, 2.45) is 0 Å². The van der Waals surface area contributed by atoms with Crippen LogP contribution in [0.15, 0.2) is 40.9 Å². The van der Waals surface area contributed by atoms with Gasteiger partial charge in [-0.25, -0.2) is 0 Å². The average molecular weight is 360 g/mol. The van der Waals surface area contributed by atoms with Crippen molar-refractivity contribution >= 4 is 44.9 Å². The number of ketones is 1. The van der Waals surface area contributed by atoms with E-state index in [0.29, 0.717) is 21.4 Å². The average Bonchev–Trinajstić information content (AvgIpc) is 2.38. The highest BCUT2D eigenvalue weighted by Crippen LogP contribution is 2.31. The molecule has 2 aromatic carbocycles. The summed E-state index contributed by atoms with van der Waals surface area (Å²) in [7, 11) is 1.51. The van der Waals surface area contributed by atoms with E-state index in [-0.39, 0.29) is 11.3 Å². The van der Waals surface area contributed by atoms with E-state index in [1.165, 1.54) is 7.11 Å². The third-order valence-corrected chi connectivity index (χ3v) is 3.72. The van der Waals surface area contributed by atoms with Crippen molar-refractivity contribution in [2.45, 2.75) is 0 Å². The molecule has 0 radical (unpaired) electrons. The molecule has 0 heterocycles. The SMILES string of the molecule is COc1ccc(Br)cc1C(=O)c1c(Cl)cccc1Cl. The van der Waals surface area contributed by atoms with Crippen LogP contribution in [0.25, 0.3) is 0 Å². The molecule has 2 aromatic rings. The van der Waals surface area contributed by atoms with E-state index < -0.39 is 0 Å². The number of hydrogen-bond acceptors (Lipinski definition) is 2. The van der Waals surface area contributed by atoms with Gasteiger partial charge in [-0.05, 0) is 30.3 Å². The minimum absolute atomic E-state index is 0.270. The highest BCUT2D eigenvalue weighted by atomic mass is 79.9. The minimum atomic E-state index is -0.270. The van der Waals surface area contributed by atoms with Crippen molar-refractivity contribution < 1.29 is 9.53 Å². The van der Waals surface area contributed by atoms with Gasteiger partial charge in [-0.15, -0.1) is 0 Å². The van der Waals surface area contributed by atoms with Gasteiger partial charge >= 0.3 is 0 Å². The molecule has 0 unspecified atom stereocenters. The maximum absolute atomic E-state index is 12.6. The van der Waals surface area contributed by atoms with Crippen LogP contribution in [-0.2, 0) is 0 Å². The molecule has 5 heteroatoms. The van der Waals surface area contributed by atoms with Crippen molar-refractivity contribution in [2.75, 3.05) is 7.11 Å². The van der Waals surface area contributed by atoms with Gasteiger partial charge in [0.15, 0.2) is 5.78 Å². The van der Waals surface area contributed by atoms with Crippen molar-refractivity contribution in [3.05, 3.63) is 62.0 Å². The molecule has 2 nitrogen and oxygen atoms in total. The lowest BCUT2D eigenvalue weighted by Gasteiger charge is -2.10. The van der Waals surface area contributed by atoms with Gasteiger partial charge in [0.25, 0.3) is 0 Å². The summed E-state index contributed by atoms with van der Waals surface area (Å²) >= 11 is 15.4. The molecule has 19 heavy (non-hydrogen) atoms. The summed E-state index contributed by atoms with van der Waals surface area (Å²) in [5, 5.41) is 0.638. The zero-order valence-electron chi connectivity index (χ0n) is 9.91. The van der Waals surface area contributed by atoms with Crippen molar-refractivity contribution in [3.63, 3.8) is 0 Å². The Balaban J connectivity index is 2.59. The number of rotatable bonds is 3. The predicted molar refractivity (Wildman–Crippen MR) is 80.6 cm³/mol. The van der Waals surface area contributed by atoms with E-state index in [2.05, 4.69) is 15.9 Å². The highest BCUT2D eigenvalue weighted by Gasteiger charge is 2.20. The van der Waals surface area contributed by atoms with Gasteiger partial charge in [0.1, 0.15) is 5.75 Å². The van der Waals surface area contributed by atoms with Crippen molar-refractivity contribution in [1.82, 2.24) is 0 Å². The smallest absolute Gasteiger partial charge is 0.199 e. The first-order valence-electron chi connectivity index (χ1n) is 5.37. The van der Waals surface area contributed by atoms with Gasteiger partial charge < -0.3 is 4.74 Å². The molecule has 0 fully saturated rings. The van der Waals surface area contributed by atoms with Crippen LogP contribution in [0.3, 0.4) is 0 Å². The maximum Gasteiger partial charge on any atom is 0.199 e. The fraction of sp³-hybridized carbons (Fsp3) is 0.0714. The van der Waals surface area contributed by atoms with Crippen LogP contribution in [0, 0.1) is 0 Å². The summed E-state index contributed by atoms with van der Waals surface area (Å²) in [4.78, 5) is 12.6. The zero-order valence-corrected chi connectivity index (χ0v) is 13.0. The Kier molecular flexibility index (Phi) is 4.50. The molecule has 0 spiro atoms. The van der Waals surface area contributed by atoms with Gasteiger partial charge in [0.2, 0.25) is 0 Å². The number of halogens is 3. The van der Waals surface area contributed by atoms with E-state index in [1.807, 2.05) is 0 Å². The van der Waals surface area contributed by atoms with Gasteiger partial charge in [-0.1, -0.05) is 45.2 Å². The Morgan fingerprint density at radius 3 is 2.37 bits per heavy atom. The minimum Gasteiger partial charge on any atom is -0.496 e. The summed E-state index contributed by atoms with van der Waals surface area (Å²) < 4.78 is 5.97. The van der Waals surface area contributed by atoms with Crippen molar-refractivity contribution in [3.8, 4) is 5.75 Å². The molecule has 0 aliphatic heterocycles. The fourth-order valence-electron chi connectivity index (χ4n) is 1.71. The normalized spacial score (nSPS) is 10.3. The molecule has 0 bridgehead atoms. The number of carbonyl (C=O) groups excluding carboxylic acids is 1. The van der Waals surface area contributed by atoms with E-state index in [4.69, 9.17) is 27.9 Å². The Morgan fingerprint density at radius 2 is 1.79 bits per heavy atom. The van der Waals surface area contributed by atoms with Crippen LogP contribution in [-0.4, -0.2) is 12.9 Å². The van der Waals surface area contributed by atoms with Gasteiger partial charge in [-0.3, -0.25) is 4.79 Å². The first kappa shape index (κ1) is 14.4. The summed E-state index contributed by atoms with van der Waals surface area (Å²) in [5.74, 6) is 0.206. The topological polar surface area (TPSA) is 26.3 Å². The fourth-order valence-corrected chi connectivity index (χ4v) is 2.64. The van der Waals surface area contributed by atoms with Crippen LogP contribution < -0.4 is 4.74 Å². The third-order valence-electron chi connectivity index (χ3n) is 2.60. The summed E-state index contributed by atoms with van der Waals surface area (Å²) in [6.45, 7) is 0. The lowest BCUT2D eigenvalue weighted by atomic mass is 10.0. The summed E-state index contributed by atoms with van der Waals surface area (Å²) in [5.41, 5.74) is 0.689. The number of hydrogen-bond donors (Lipinski definition) is 0. The molecule has 0 saturated carbocycles. The lowest BCUT2D eigenvalue weighted by molar-refractivity contribution is 0.103. The second kappa shape index (κ2) is 5.95. The van der Waals surface area contributed by atoms with Crippen LogP contribution in [0.5, 0.6) is 5.75 Å². The summed E-state index contributed by atoms with van der Waals surface area (Å²) in [6, 6.07) is 10.1. The second-order valence-corrected chi connectivity index (χ2v) is 5.50. The molecule has 0 saturated heterocycles. The summed E-state index contributed by atoms with van der Waals surface area (Å²) in [6.07, 6.45) is 0. The predicted octanol–water partition coefficient (Wildman–Crippen LogP) is 5.00. The van der Waals surface area contributed by atoms with Crippen LogP contribution >= 0.6 is 39.1 Å². The van der Waals surface area contributed by atoms with Crippen LogP contribution in [0.4, 0.5) is 0 Å². The third kappa shape index (κ3) is 2.94. The Hall–Kier alpha value is -1.03. The lowest BCUT2D eigenvalue weighted by Crippen LogP contribution is -2.05. The molecule has 0 aliphatic carbocycles. The molecule has 0 N–H and O–H groups in total. The van der Waals surface area contributed by atoms with Gasteiger partial charge in [0, 0.05) is 4.47 Å². The maximum atomic E-state index is 12.6.